The van der Waals surface area contributed by atoms with Gasteiger partial charge in [-0.3, -0.25) is 0 Å². The molecule has 78 valence electrons. The second-order valence-corrected chi connectivity index (χ2v) is 4.25. The number of nitrogens with zero attached hydrogens (tertiary/aromatic N) is 1. The van der Waals surface area contributed by atoms with E-state index in [1.165, 1.54) is 0 Å². The van der Waals surface area contributed by atoms with Crippen molar-refractivity contribution in [3.05, 3.63) is 28.2 Å². The molecule has 0 aliphatic heterocycles. The number of alkyl halides is 1. The van der Waals surface area contributed by atoms with Gasteiger partial charge in [0.15, 0.2) is 0 Å². The average Bonchev–Trinajstić information content (AvgIpc) is 2.18. The van der Waals surface area contributed by atoms with E-state index in [1.54, 1.807) is 6.07 Å². The molecule has 0 aliphatic carbocycles. The van der Waals surface area contributed by atoms with E-state index in [0.717, 1.165) is 18.7 Å². The summed E-state index contributed by atoms with van der Waals surface area (Å²) in [6.45, 7) is 0.918. The number of anilines is 1. The van der Waals surface area contributed by atoms with Gasteiger partial charge in [0.2, 0.25) is 0 Å². The molecule has 0 unspecified atom stereocenters. The average molecular weight is 253 g/mol. The van der Waals surface area contributed by atoms with Crippen molar-refractivity contribution in [3.8, 4) is 0 Å². The summed E-state index contributed by atoms with van der Waals surface area (Å²) in [7, 11) is 2.01. The first-order valence-corrected chi connectivity index (χ1v) is 5.66. The second kappa shape index (κ2) is 5.69. The largest absolute Gasteiger partial charge is 0.375 e. The highest BCUT2D eigenvalue weighted by Crippen LogP contribution is 2.26. The molecule has 1 aromatic carbocycles. The molecule has 1 rings (SSSR count). The third-order valence-corrected chi connectivity index (χ3v) is 2.98. The van der Waals surface area contributed by atoms with Crippen LogP contribution in [0.4, 0.5) is 5.69 Å². The maximum Gasteiger partial charge on any atom is 0.0612 e. The standard InChI is InChI=1S/C10H12Cl3N/c1-14(6-2-5-11)8-3-4-9(12)10(13)7-8/h3-4,7H,2,5-6H2,1H3. The molecule has 0 amide bonds. The van der Waals surface area contributed by atoms with Crippen molar-refractivity contribution in [3.63, 3.8) is 0 Å². The maximum atomic E-state index is 5.91. The van der Waals surface area contributed by atoms with Crippen LogP contribution in [0.15, 0.2) is 18.2 Å². The lowest BCUT2D eigenvalue weighted by atomic mass is 10.3. The van der Waals surface area contributed by atoms with Crippen molar-refractivity contribution in [1.29, 1.82) is 0 Å². The summed E-state index contributed by atoms with van der Waals surface area (Å²) in [5.74, 6) is 0.672. The van der Waals surface area contributed by atoms with Crippen LogP contribution in [-0.2, 0) is 0 Å². The zero-order valence-electron chi connectivity index (χ0n) is 7.93. The van der Waals surface area contributed by atoms with E-state index in [9.17, 15) is 0 Å². The van der Waals surface area contributed by atoms with Gasteiger partial charge in [-0.25, -0.2) is 0 Å². The molecular formula is C10H12Cl3N. The van der Waals surface area contributed by atoms with Gasteiger partial charge < -0.3 is 4.90 Å². The van der Waals surface area contributed by atoms with E-state index in [2.05, 4.69) is 4.90 Å². The Morgan fingerprint density at radius 1 is 1.21 bits per heavy atom. The van der Waals surface area contributed by atoms with E-state index in [4.69, 9.17) is 34.8 Å². The lowest BCUT2D eigenvalue weighted by Gasteiger charge is -2.19. The number of hydrogen-bond acceptors (Lipinski definition) is 1. The highest BCUT2D eigenvalue weighted by atomic mass is 35.5. The Hall–Kier alpha value is -0.110. The quantitative estimate of drug-likeness (QED) is 0.731. The normalized spacial score (nSPS) is 10.3. The Balaban J connectivity index is 2.70. The molecule has 0 saturated carbocycles. The van der Waals surface area contributed by atoms with Gasteiger partial charge in [-0.15, -0.1) is 11.6 Å². The fourth-order valence-corrected chi connectivity index (χ4v) is 1.56. The molecule has 1 nitrogen and oxygen atoms in total. The predicted octanol–water partition coefficient (Wildman–Crippen LogP) is 4.06. The minimum absolute atomic E-state index is 0.584. The van der Waals surface area contributed by atoms with Crippen LogP contribution in [0.1, 0.15) is 6.42 Å². The van der Waals surface area contributed by atoms with Crippen molar-refractivity contribution >= 4 is 40.5 Å². The molecule has 0 atom stereocenters. The first-order valence-electron chi connectivity index (χ1n) is 4.37. The molecule has 0 N–H and O–H groups in total. The first-order chi connectivity index (χ1) is 6.65. The van der Waals surface area contributed by atoms with Crippen molar-refractivity contribution in [2.45, 2.75) is 6.42 Å². The summed E-state index contributed by atoms with van der Waals surface area (Å²) in [5, 5.41) is 1.17. The van der Waals surface area contributed by atoms with Crippen LogP contribution in [0, 0.1) is 0 Å². The zero-order valence-corrected chi connectivity index (χ0v) is 10.2. The number of halogens is 3. The molecule has 0 heterocycles. The number of benzene rings is 1. The van der Waals surface area contributed by atoms with E-state index in [-0.39, 0.29) is 0 Å². The first kappa shape index (κ1) is 12.0. The Morgan fingerprint density at radius 3 is 2.50 bits per heavy atom. The van der Waals surface area contributed by atoms with E-state index in [0.29, 0.717) is 15.9 Å². The summed E-state index contributed by atoms with van der Waals surface area (Å²) in [6.07, 6.45) is 0.957. The van der Waals surface area contributed by atoms with Gasteiger partial charge in [-0.1, -0.05) is 23.2 Å². The summed E-state index contributed by atoms with van der Waals surface area (Å²) < 4.78 is 0. The summed E-state index contributed by atoms with van der Waals surface area (Å²) >= 11 is 17.3. The van der Waals surface area contributed by atoms with Crippen LogP contribution in [0.5, 0.6) is 0 Å². The van der Waals surface area contributed by atoms with Gasteiger partial charge in [-0.2, -0.15) is 0 Å². The van der Waals surface area contributed by atoms with Gasteiger partial charge >= 0.3 is 0 Å². The lowest BCUT2D eigenvalue weighted by Crippen LogP contribution is -2.18. The van der Waals surface area contributed by atoms with Crippen LogP contribution in [0.25, 0.3) is 0 Å². The molecule has 0 aromatic heterocycles. The van der Waals surface area contributed by atoms with Crippen molar-refractivity contribution in [2.75, 3.05) is 24.4 Å². The summed E-state index contributed by atoms with van der Waals surface area (Å²) in [5.41, 5.74) is 1.06. The minimum Gasteiger partial charge on any atom is -0.375 e. The highest BCUT2D eigenvalue weighted by Gasteiger charge is 2.03. The molecule has 14 heavy (non-hydrogen) atoms. The molecule has 0 saturated heterocycles. The third kappa shape index (κ3) is 3.23. The van der Waals surface area contributed by atoms with Gasteiger partial charge in [0.25, 0.3) is 0 Å². The van der Waals surface area contributed by atoms with Gasteiger partial charge in [0.1, 0.15) is 0 Å². The van der Waals surface area contributed by atoms with Crippen LogP contribution in [0.3, 0.4) is 0 Å². The van der Waals surface area contributed by atoms with Crippen molar-refractivity contribution in [2.24, 2.45) is 0 Å². The molecule has 0 spiro atoms. The Bertz CT molecular complexity index is 301. The van der Waals surface area contributed by atoms with E-state index in [1.807, 2.05) is 19.2 Å². The predicted molar refractivity (Wildman–Crippen MR) is 65.1 cm³/mol. The Kier molecular flexibility index (Phi) is 4.86. The van der Waals surface area contributed by atoms with Gasteiger partial charge in [-0.05, 0) is 24.6 Å². The van der Waals surface area contributed by atoms with Crippen molar-refractivity contribution in [1.82, 2.24) is 0 Å². The smallest absolute Gasteiger partial charge is 0.0612 e. The van der Waals surface area contributed by atoms with Gasteiger partial charge in [0, 0.05) is 25.2 Å². The SMILES string of the molecule is CN(CCCCl)c1ccc(Cl)c(Cl)c1. The molecule has 0 aliphatic rings. The Morgan fingerprint density at radius 2 is 1.93 bits per heavy atom. The topological polar surface area (TPSA) is 3.24 Å². The van der Waals surface area contributed by atoms with Crippen LogP contribution in [0.2, 0.25) is 10.0 Å². The van der Waals surface area contributed by atoms with E-state index >= 15 is 0 Å². The monoisotopic (exact) mass is 251 g/mol. The molecule has 1 aromatic rings. The molecular weight excluding hydrogens is 240 g/mol. The Labute approximate surface area is 99.6 Å². The van der Waals surface area contributed by atoms with E-state index < -0.39 is 0 Å². The van der Waals surface area contributed by atoms with Gasteiger partial charge in [0.05, 0.1) is 10.0 Å². The highest BCUT2D eigenvalue weighted by molar-refractivity contribution is 6.42. The molecule has 4 heteroatoms. The lowest BCUT2D eigenvalue weighted by molar-refractivity contribution is 0.857. The summed E-state index contributed by atoms with van der Waals surface area (Å²) in [6, 6.07) is 5.61. The summed E-state index contributed by atoms with van der Waals surface area (Å²) in [4.78, 5) is 2.10. The van der Waals surface area contributed by atoms with Crippen molar-refractivity contribution < 1.29 is 0 Å². The second-order valence-electron chi connectivity index (χ2n) is 3.06. The maximum absolute atomic E-state index is 5.91. The van der Waals surface area contributed by atoms with Crippen LogP contribution < -0.4 is 4.90 Å². The number of rotatable bonds is 4. The van der Waals surface area contributed by atoms with Crippen LogP contribution >= 0.6 is 34.8 Å². The zero-order chi connectivity index (χ0) is 10.6. The van der Waals surface area contributed by atoms with Crippen LogP contribution in [-0.4, -0.2) is 19.5 Å². The third-order valence-electron chi connectivity index (χ3n) is 1.97. The molecule has 0 fully saturated rings. The fourth-order valence-electron chi connectivity index (χ4n) is 1.15. The minimum atomic E-state index is 0.584. The fraction of sp³-hybridized carbons (Fsp3) is 0.400. The number of hydrogen-bond donors (Lipinski definition) is 0. The molecule has 0 radical (unpaired) electrons. The molecule has 0 bridgehead atoms.